The summed E-state index contributed by atoms with van der Waals surface area (Å²) in [6.45, 7) is 13.2. The Bertz CT molecular complexity index is 552. The molecule has 0 amide bonds. The van der Waals surface area contributed by atoms with Crippen LogP contribution in [-0.2, 0) is 10.8 Å². The van der Waals surface area contributed by atoms with Crippen molar-refractivity contribution in [2.75, 3.05) is 19.8 Å². The zero-order valence-electron chi connectivity index (χ0n) is 16.1. The molecule has 0 aliphatic carbocycles. The Kier molecular flexibility index (Phi) is 6.26. The molecule has 0 saturated heterocycles. The standard InChI is InChI=1S/C20H34O4/c1-13-8-14(17(24)20(10-21,11-22)12-23)16(19(5,6)7)9-15(13)18(2,3)4/h8-9,17,21-24H,10-12H2,1-7H3. The molecule has 4 N–H and O–H groups in total. The van der Waals surface area contributed by atoms with E-state index in [2.05, 4.69) is 47.6 Å². The van der Waals surface area contributed by atoms with Crippen LogP contribution in [0.25, 0.3) is 0 Å². The van der Waals surface area contributed by atoms with Crippen molar-refractivity contribution in [3.8, 4) is 0 Å². The average Bonchev–Trinajstić information content (AvgIpc) is 2.46. The summed E-state index contributed by atoms with van der Waals surface area (Å²) >= 11 is 0. The van der Waals surface area contributed by atoms with E-state index in [9.17, 15) is 20.4 Å². The van der Waals surface area contributed by atoms with Gasteiger partial charge in [0.2, 0.25) is 0 Å². The minimum atomic E-state index is -1.37. The Morgan fingerprint density at radius 2 is 1.21 bits per heavy atom. The van der Waals surface area contributed by atoms with Crippen molar-refractivity contribution in [2.45, 2.75) is 65.4 Å². The van der Waals surface area contributed by atoms with Gasteiger partial charge in [0, 0.05) is 0 Å². The van der Waals surface area contributed by atoms with Gasteiger partial charge in [0.15, 0.2) is 0 Å². The summed E-state index contributed by atoms with van der Waals surface area (Å²) in [7, 11) is 0. The van der Waals surface area contributed by atoms with Crippen molar-refractivity contribution in [3.05, 3.63) is 34.4 Å². The zero-order chi connectivity index (χ0) is 18.9. The van der Waals surface area contributed by atoms with Gasteiger partial charge in [-0.15, -0.1) is 0 Å². The van der Waals surface area contributed by atoms with Crippen LogP contribution < -0.4 is 0 Å². The van der Waals surface area contributed by atoms with Crippen LogP contribution in [0.4, 0.5) is 0 Å². The number of aliphatic hydroxyl groups excluding tert-OH is 4. The van der Waals surface area contributed by atoms with E-state index in [0.717, 1.165) is 11.1 Å². The van der Waals surface area contributed by atoms with Crippen LogP contribution in [-0.4, -0.2) is 40.2 Å². The van der Waals surface area contributed by atoms with E-state index in [4.69, 9.17) is 0 Å². The van der Waals surface area contributed by atoms with Gasteiger partial charge in [-0.1, -0.05) is 53.7 Å². The molecule has 4 heteroatoms. The maximum absolute atomic E-state index is 10.9. The Morgan fingerprint density at radius 1 is 0.792 bits per heavy atom. The summed E-state index contributed by atoms with van der Waals surface area (Å²) in [5.74, 6) is 0. The lowest BCUT2D eigenvalue weighted by Gasteiger charge is -2.37. The molecule has 1 atom stereocenters. The minimum absolute atomic E-state index is 0.0322. The van der Waals surface area contributed by atoms with E-state index >= 15 is 0 Å². The predicted molar refractivity (Wildman–Crippen MR) is 97.2 cm³/mol. The number of hydrogen-bond acceptors (Lipinski definition) is 4. The lowest BCUT2D eigenvalue weighted by Crippen LogP contribution is -2.41. The van der Waals surface area contributed by atoms with E-state index < -0.39 is 31.3 Å². The number of benzene rings is 1. The smallest absolute Gasteiger partial charge is 0.0915 e. The van der Waals surface area contributed by atoms with E-state index in [1.54, 1.807) is 0 Å². The number of aryl methyl sites for hydroxylation is 1. The van der Waals surface area contributed by atoms with Crippen LogP contribution in [0.5, 0.6) is 0 Å². The number of hydrogen-bond donors (Lipinski definition) is 4. The second kappa shape index (κ2) is 7.12. The largest absolute Gasteiger partial charge is 0.395 e. The highest BCUT2D eigenvalue weighted by Crippen LogP contribution is 2.41. The van der Waals surface area contributed by atoms with Crippen LogP contribution in [0, 0.1) is 12.3 Å². The van der Waals surface area contributed by atoms with E-state index in [-0.39, 0.29) is 10.8 Å². The first kappa shape index (κ1) is 21.1. The molecule has 24 heavy (non-hydrogen) atoms. The molecule has 0 aliphatic heterocycles. The molecule has 0 radical (unpaired) electrons. The van der Waals surface area contributed by atoms with Gasteiger partial charge < -0.3 is 20.4 Å². The summed E-state index contributed by atoms with van der Waals surface area (Å²) in [5.41, 5.74) is 2.25. The predicted octanol–water partition coefficient (Wildman–Crippen LogP) is 2.59. The lowest BCUT2D eigenvalue weighted by atomic mass is 9.72. The van der Waals surface area contributed by atoms with Gasteiger partial charge in [0.1, 0.15) is 0 Å². The van der Waals surface area contributed by atoms with Crippen molar-refractivity contribution in [2.24, 2.45) is 5.41 Å². The van der Waals surface area contributed by atoms with Crippen LogP contribution in [0.15, 0.2) is 12.1 Å². The zero-order valence-corrected chi connectivity index (χ0v) is 16.1. The summed E-state index contributed by atoms with van der Waals surface area (Å²) in [4.78, 5) is 0. The SMILES string of the molecule is Cc1cc(C(O)C(CO)(CO)CO)c(C(C)(C)C)cc1C(C)(C)C. The molecule has 0 heterocycles. The van der Waals surface area contributed by atoms with Gasteiger partial charge in [-0.2, -0.15) is 0 Å². The fraction of sp³-hybridized carbons (Fsp3) is 0.700. The first-order chi connectivity index (χ1) is 10.8. The Balaban J connectivity index is 3.67. The highest BCUT2D eigenvalue weighted by Gasteiger charge is 2.40. The topological polar surface area (TPSA) is 80.9 Å². The third-order valence-corrected chi connectivity index (χ3v) is 4.83. The van der Waals surface area contributed by atoms with Crippen molar-refractivity contribution < 1.29 is 20.4 Å². The molecule has 0 bridgehead atoms. The summed E-state index contributed by atoms with van der Waals surface area (Å²) in [6, 6.07) is 4.05. The molecule has 138 valence electrons. The average molecular weight is 338 g/mol. The van der Waals surface area contributed by atoms with Crippen molar-refractivity contribution >= 4 is 0 Å². The van der Waals surface area contributed by atoms with Gasteiger partial charge in [-0.3, -0.25) is 0 Å². The van der Waals surface area contributed by atoms with Gasteiger partial charge in [-0.25, -0.2) is 0 Å². The fourth-order valence-electron chi connectivity index (χ4n) is 3.15. The van der Waals surface area contributed by atoms with Gasteiger partial charge in [0.25, 0.3) is 0 Å². The monoisotopic (exact) mass is 338 g/mol. The first-order valence-electron chi connectivity index (χ1n) is 8.50. The molecule has 4 nitrogen and oxygen atoms in total. The molecular weight excluding hydrogens is 304 g/mol. The summed E-state index contributed by atoms with van der Waals surface area (Å²) in [6.07, 6.45) is -1.15. The maximum Gasteiger partial charge on any atom is 0.0915 e. The van der Waals surface area contributed by atoms with Gasteiger partial charge in [-0.05, 0) is 40.0 Å². The summed E-state index contributed by atoms with van der Waals surface area (Å²) in [5, 5.41) is 39.9. The third kappa shape index (κ3) is 3.99. The van der Waals surface area contributed by atoms with Crippen molar-refractivity contribution in [1.82, 2.24) is 0 Å². The number of aliphatic hydroxyl groups is 4. The van der Waals surface area contributed by atoms with E-state index in [1.165, 1.54) is 5.56 Å². The molecule has 0 spiro atoms. The molecule has 1 rings (SSSR count). The molecule has 0 fully saturated rings. The first-order valence-corrected chi connectivity index (χ1v) is 8.50. The quantitative estimate of drug-likeness (QED) is 0.665. The molecule has 1 aromatic carbocycles. The Labute approximate surface area is 146 Å². The van der Waals surface area contributed by atoms with Crippen LogP contribution in [0.2, 0.25) is 0 Å². The second-order valence-electron chi connectivity index (χ2n) is 8.99. The molecule has 0 saturated carbocycles. The molecular formula is C20H34O4. The van der Waals surface area contributed by atoms with Gasteiger partial charge >= 0.3 is 0 Å². The van der Waals surface area contributed by atoms with Crippen LogP contribution in [0.3, 0.4) is 0 Å². The lowest BCUT2D eigenvalue weighted by molar-refractivity contribution is -0.0857. The van der Waals surface area contributed by atoms with E-state index in [0.29, 0.717) is 5.56 Å². The third-order valence-electron chi connectivity index (χ3n) is 4.83. The second-order valence-corrected chi connectivity index (χ2v) is 8.99. The van der Waals surface area contributed by atoms with Gasteiger partial charge in [0.05, 0.1) is 31.3 Å². The highest BCUT2D eigenvalue weighted by atomic mass is 16.3. The molecule has 1 aromatic rings. The minimum Gasteiger partial charge on any atom is -0.395 e. The van der Waals surface area contributed by atoms with Crippen molar-refractivity contribution in [1.29, 1.82) is 0 Å². The Hall–Kier alpha value is -0.940. The summed E-state index contributed by atoms with van der Waals surface area (Å²) < 4.78 is 0. The van der Waals surface area contributed by atoms with Crippen LogP contribution in [0.1, 0.15) is 69.9 Å². The van der Waals surface area contributed by atoms with Crippen molar-refractivity contribution in [3.63, 3.8) is 0 Å². The Morgan fingerprint density at radius 3 is 1.54 bits per heavy atom. The molecule has 0 aromatic heterocycles. The van der Waals surface area contributed by atoms with Crippen LogP contribution >= 0.6 is 0 Å². The number of rotatable bonds is 5. The molecule has 1 unspecified atom stereocenters. The van der Waals surface area contributed by atoms with E-state index in [1.807, 2.05) is 13.0 Å². The fourth-order valence-corrected chi connectivity index (χ4v) is 3.15. The highest BCUT2D eigenvalue weighted by molar-refractivity contribution is 5.45. The normalized spacial score (nSPS) is 14.8. The maximum atomic E-state index is 10.9. The molecule has 0 aliphatic rings.